The van der Waals surface area contributed by atoms with E-state index in [4.69, 9.17) is 23.2 Å². The molecular weight excluding hydrogens is 391 g/mol. The van der Waals surface area contributed by atoms with Crippen LogP contribution in [0.5, 0.6) is 0 Å². The van der Waals surface area contributed by atoms with Crippen molar-refractivity contribution in [1.82, 2.24) is 9.80 Å². The number of aliphatic hydroxyl groups is 1. The highest BCUT2D eigenvalue weighted by atomic mass is 35.5. The lowest BCUT2D eigenvalue weighted by molar-refractivity contribution is -0.0665. The molecule has 2 fully saturated rings. The number of hydrogen-bond acceptors (Lipinski definition) is 3. The van der Waals surface area contributed by atoms with Crippen molar-refractivity contribution in [3.8, 4) is 11.1 Å². The smallest absolute Gasteiger partial charge is 0.0728 e. The van der Waals surface area contributed by atoms with E-state index in [9.17, 15) is 5.11 Å². The minimum absolute atomic E-state index is 0.160. The third-order valence-corrected chi connectivity index (χ3v) is 7.21. The predicted octanol–water partition coefficient (Wildman–Crippen LogP) is 4.91. The van der Waals surface area contributed by atoms with Gasteiger partial charge in [-0.05, 0) is 55.1 Å². The molecule has 0 spiro atoms. The first kappa shape index (κ1) is 20.2. The molecule has 1 atom stereocenters. The fourth-order valence-corrected chi connectivity index (χ4v) is 4.64. The summed E-state index contributed by atoms with van der Waals surface area (Å²) in [7, 11) is 2.18. The molecule has 2 aliphatic rings. The Labute approximate surface area is 177 Å². The van der Waals surface area contributed by atoms with Crippen LogP contribution in [0.25, 0.3) is 11.1 Å². The van der Waals surface area contributed by atoms with Crippen molar-refractivity contribution in [3.05, 3.63) is 58.1 Å². The molecule has 1 saturated carbocycles. The lowest BCUT2D eigenvalue weighted by atomic mass is 9.68. The molecule has 2 aromatic carbocycles. The van der Waals surface area contributed by atoms with Crippen LogP contribution in [-0.4, -0.2) is 60.3 Å². The summed E-state index contributed by atoms with van der Waals surface area (Å²) in [6.07, 6.45) is 2.93. The Morgan fingerprint density at radius 3 is 2.14 bits per heavy atom. The minimum Gasteiger partial charge on any atom is -0.389 e. The Morgan fingerprint density at radius 1 is 0.929 bits per heavy atom. The molecule has 0 aromatic heterocycles. The minimum atomic E-state index is -0.561. The highest BCUT2D eigenvalue weighted by molar-refractivity contribution is 6.42. The molecule has 1 saturated heterocycles. The lowest BCUT2D eigenvalue weighted by Crippen LogP contribution is -2.51. The van der Waals surface area contributed by atoms with Crippen molar-refractivity contribution >= 4 is 23.2 Å². The maximum Gasteiger partial charge on any atom is 0.0728 e. The summed E-state index contributed by atoms with van der Waals surface area (Å²) in [6.45, 7) is 5.27. The summed E-state index contributed by atoms with van der Waals surface area (Å²) in [5.41, 5.74) is 2.83. The average molecular weight is 419 g/mol. The third kappa shape index (κ3) is 4.24. The predicted molar refractivity (Wildman–Crippen MR) is 117 cm³/mol. The van der Waals surface area contributed by atoms with Crippen molar-refractivity contribution in [3.63, 3.8) is 0 Å². The number of likely N-dealkylation sites (N-methyl/N-ethyl adjacent to an activating group) is 1. The van der Waals surface area contributed by atoms with E-state index in [0.29, 0.717) is 10.0 Å². The normalized spacial score (nSPS) is 21.3. The summed E-state index contributed by atoms with van der Waals surface area (Å²) >= 11 is 12.2. The molecule has 4 rings (SSSR count). The van der Waals surface area contributed by atoms with Crippen LogP contribution in [-0.2, 0) is 0 Å². The van der Waals surface area contributed by atoms with Gasteiger partial charge >= 0.3 is 0 Å². The van der Waals surface area contributed by atoms with Gasteiger partial charge in [-0.3, -0.25) is 0 Å². The van der Waals surface area contributed by atoms with Gasteiger partial charge in [-0.2, -0.15) is 0 Å². The van der Waals surface area contributed by atoms with Crippen LogP contribution in [0.4, 0.5) is 0 Å². The Bertz CT molecular complexity index is 812. The quantitative estimate of drug-likeness (QED) is 0.747. The Hall–Kier alpha value is -1.10. The van der Waals surface area contributed by atoms with E-state index < -0.39 is 5.60 Å². The van der Waals surface area contributed by atoms with Crippen molar-refractivity contribution in [1.29, 1.82) is 0 Å². The maximum absolute atomic E-state index is 11.2. The number of piperazine rings is 1. The second-order valence-corrected chi connectivity index (χ2v) is 9.18. The van der Waals surface area contributed by atoms with Gasteiger partial charge < -0.3 is 14.9 Å². The molecular formula is C23H28Cl2N2O. The molecule has 1 aliphatic carbocycles. The second-order valence-electron chi connectivity index (χ2n) is 8.36. The van der Waals surface area contributed by atoms with Gasteiger partial charge in [0.1, 0.15) is 0 Å². The molecule has 3 nitrogen and oxygen atoms in total. The third-order valence-electron chi connectivity index (χ3n) is 6.47. The van der Waals surface area contributed by atoms with Gasteiger partial charge in [-0.15, -0.1) is 0 Å². The van der Waals surface area contributed by atoms with Crippen LogP contribution in [0.2, 0.25) is 10.0 Å². The van der Waals surface area contributed by atoms with Crippen LogP contribution in [0.3, 0.4) is 0 Å². The largest absolute Gasteiger partial charge is 0.389 e. The zero-order chi connectivity index (χ0) is 19.7. The van der Waals surface area contributed by atoms with Crippen LogP contribution >= 0.6 is 23.2 Å². The summed E-state index contributed by atoms with van der Waals surface area (Å²) in [5, 5.41) is 12.3. The van der Waals surface area contributed by atoms with Gasteiger partial charge in [-0.25, -0.2) is 0 Å². The van der Waals surface area contributed by atoms with E-state index in [-0.39, 0.29) is 5.92 Å². The van der Waals surface area contributed by atoms with E-state index in [1.165, 1.54) is 5.56 Å². The van der Waals surface area contributed by atoms with Crippen LogP contribution in [0, 0.1) is 0 Å². The molecule has 1 aliphatic heterocycles. The van der Waals surface area contributed by atoms with Crippen molar-refractivity contribution in [2.45, 2.75) is 30.8 Å². The maximum atomic E-state index is 11.2. The summed E-state index contributed by atoms with van der Waals surface area (Å²) < 4.78 is 0. The van der Waals surface area contributed by atoms with Gasteiger partial charge in [0, 0.05) is 38.6 Å². The van der Waals surface area contributed by atoms with Crippen molar-refractivity contribution in [2.24, 2.45) is 0 Å². The summed E-state index contributed by atoms with van der Waals surface area (Å²) in [5.74, 6) is 0.160. The molecule has 1 N–H and O–H groups in total. The summed E-state index contributed by atoms with van der Waals surface area (Å²) in [6, 6.07) is 14.3. The molecule has 2 aromatic rings. The van der Waals surface area contributed by atoms with Gasteiger partial charge in [0.05, 0.1) is 15.6 Å². The molecule has 0 radical (unpaired) electrons. The summed E-state index contributed by atoms with van der Waals surface area (Å²) in [4.78, 5) is 4.88. The SMILES string of the molecule is CN1CCN(CC(c2ccc(-c3ccc(Cl)c(Cl)c3)cc2)C2(O)CCC2)CC1. The lowest BCUT2D eigenvalue weighted by Gasteiger charge is -2.46. The molecule has 28 heavy (non-hydrogen) atoms. The van der Waals surface area contributed by atoms with E-state index in [1.807, 2.05) is 18.2 Å². The first-order valence-corrected chi connectivity index (χ1v) is 10.9. The second kappa shape index (κ2) is 8.33. The molecule has 5 heteroatoms. The van der Waals surface area contributed by atoms with E-state index >= 15 is 0 Å². The van der Waals surface area contributed by atoms with Crippen LogP contribution < -0.4 is 0 Å². The Balaban J connectivity index is 1.55. The average Bonchev–Trinajstić information content (AvgIpc) is 2.68. The number of nitrogens with zero attached hydrogens (tertiary/aromatic N) is 2. The first-order chi connectivity index (χ1) is 13.4. The molecule has 1 unspecified atom stereocenters. The van der Waals surface area contributed by atoms with E-state index in [0.717, 1.165) is 63.1 Å². The molecule has 0 amide bonds. The monoisotopic (exact) mass is 418 g/mol. The number of halogens is 2. The topological polar surface area (TPSA) is 26.7 Å². The van der Waals surface area contributed by atoms with E-state index in [2.05, 4.69) is 41.1 Å². The van der Waals surface area contributed by atoms with Gasteiger partial charge in [0.25, 0.3) is 0 Å². The van der Waals surface area contributed by atoms with Crippen LogP contribution in [0.1, 0.15) is 30.7 Å². The molecule has 150 valence electrons. The number of benzene rings is 2. The Kier molecular flexibility index (Phi) is 6.01. The van der Waals surface area contributed by atoms with Gasteiger partial charge in [-0.1, -0.05) is 53.5 Å². The van der Waals surface area contributed by atoms with Crippen LogP contribution in [0.15, 0.2) is 42.5 Å². The zero-order valence-electron chi connectivity index (χ0n) is 16.4. The fourth-order valence-electron chi connectivity index (χ4n) is 4.35. The first-order valence-electron chi connectivity index (χ1n) is 10.1. The zero-order valence-corrected chi connectivity index (χ0v) is 17.9. The Morgan fingerprint density at radius 2 is 1.57 bits per heavy atom. The number of hydrogen-bond donors (Lipinski definition) is 1. The standard InChI is InChI=1S/C23H28Cl2N2O/c1-26-11-13-27(14-12-26)16-20(23(28)9-2-10-23)18-5-3-17(4-6-18)19-7-8-21(24)22(25)15-19/h3-8,15,20,28H,2,9-14,16H2,1H3. The van der Waals surface area contributed by atoms with Crippen molar-refractivity contribution in [2.75, 3.05) is 39.8 Å². The fraction of sp³-hybridized carbons (Fsp3) is 0.478. The van der Waals surface area contributed by atoms with Gasteiger partial charge in [0.15, 0.2) is 0 Å². The number of rotatable bonds is 5. The highest BCUT2D eigenvalue weighted by Crippen LogP contribution is 2.44. The van der Waals surface area contributed by atoms with Gasteiger partial charge in [0.2, 0.25) is 0 Å². The molecule has 1 heterocycles. The highest BCUT2D eigenvalue weighted by Gasteiger charge is 2.43. The van der Waals surface area contributed by atoms with E-state index in [1.54, 1.807) is 0 Å². The molecule has 0 bridgehead atoms. The van der Waals surface area contributed by atoms with Crippen molar-refractivity contribution < 1.29 is 5.11 Å².